The minimum absolute atomic E-state index is 0.0717. The third-order valence-electron chi connectivity index (χ3n) is 3.85. The summed E-state index contributed by atoms with van der Waals surface area (Å²) in [6.07, 6.45) is -4.83. The minimum Gasteiger partial charge on any atom is -0.496 e. The Morgan fingerprint density at radius 1 is 1.32 bits per heavy atom. The topological polar surface area (TPSA) is 24.5 Å². The van der Waals surface area contributed by atoms with E-state index in [2.05, 4.69) is 26.1 Å². The van der Waals surface area contributed by atoms with Crippen LogP contribution in [0.1, 0.15) is 24.4 Å². The Labute approximate surface area is 136 Å². The van der Waals surface area contributed by atoms with Crippen LogP contribution in [-0.4, -0.2) is 44.4 Å². The molecule has 7 heteroatoms. The summed E-state index contributed by atoms with van der Waals surface area (Å²) in [7, 11) is 1.57. The summed E-state index contributed by atoms with van der Waals surface area (Å²) >= 11 is 3.41. The lowest BCUT2D eigenvalue weighted by Crippen LogP contribution is -2.45. The van der Waals surface area contributed by atoms with Crippen LogP contribution in [0.15, 0.2) is 22.7 Å². The molecule has 1 N–H and O–H groups in total. The number of rotatable bonds is 5. The first-order valence-electron chi connectivity index (χ1n) is 7.25. The molecule has 1 aliphatic rings. The van der Waals surface area contributed by atoms with Gasteiger partial charge in [0.1, 0.15) is 5.75 Å². The summed E-state index contributed by atoms with van der Waals surface area (Å²) in [6, 6.07) is 5.28. The Morgan fingerprint density at radius 2 is 2.00 bits per heavy atom. The lowest BCUT2D eigenvalue weighted by Gasteiger charge is -2.35. The number of hydrogen-bond donors (Lipinski definition) is 1. The number of nitrogens with one attached hydrogen (secondary N) is 1. The monoisotopic (exact) mass is 380 g/mol. The molecule has 1 atom stereocenters. The number of methoxy groups -OCH3 is 1. The number of piperazine rings is 1. The normalized spacial score (nSPS) is 18.2. The maximum atomic E-state index is 12.6. The Morgan fingerprint density at radius 3 is 2.55 bits per heavy atom. The van der Waals surface area contributed by atoms with E-state index in [0.717, 1.165) is 36.2 Å². The predicted molar refractivity (Wildman–Crippen MR) is 83.2 cm³/mol. The molecule has 1 saturated heterocycles. The zero-order chi connectivity index (χ0) is 16.2. The highest BCUT2D eigenvalue weighted by Crippen LogP contribution is 2.35. The molecule has 0 unspecified atom stereocenters. The van der Waals surface area contributed by atoms with Gasteiger partial charge in [-0.1, -0.05) is 6.07 Å². The zero-order valence-corrected chi connectivity index (χ0v) is 14.0. The second-order valence-electron chi connectivity index (χ2n) is 5.35. The molecule has 22 heavy (non-hydrogen) atoms. The van der Waals surface area contributed by atoms with Crippen LogP contribution in [0.2, 0.25) is 0 Å². The summed E-state index contributed by atoms with van der Waals surface area (Å²) in [6.45, 7) is 3.12. The second-order valence-corrected chi connectivity index (χ2v) is 6.20. The van der Waals surface area contributed by atoms with Gasteiger partial charge in [-0.3, -0.25) is 4.90 Å². The molecule has 0 bridgehead atoms. The van der Waals surface area contributed by atoms with Crippen molar-refractivity contribution < 1.29 is 17.9 Å². The quantitative estimate of drug-likeness (QED) is 0.841. The van der Waals surface area contributed by atoms with Crippen molar-refractivity contribution in [3.63, 3.8) is 0 Å². The summed E-state index contributed by atoms with van der Waals surface area (Å²) in [5.74, 6) is 0.679. The van der Waals surface area contributed by atoms with Gasteiger partial charge < -0.3 is 10.1 Å². The molecule has 1 aromatic carbocycles. The van der Waals surface area contributed by atoms with E-state index < -0.39 is 12.6 Å². The van der Waals surface area contributed by atoms with Crippen molar-refractivity contribution in [1.29, 1.82) is 0 Å². The molecule has 0 aliphatic carbocycles. The molecule has 2 rings (SSSR count). The van der Waals surface area contributed by atoms with Gasteiger partial charge in [0.15, 0.2) is 0 Å². The molecule has 1 aromatic rings. The molecule has 0 amide bonds. The van der Waals surface area contributed by atoms with Gasteiger partial charge in [-0.25, -0.2) is 0 Å². The van der Waals surface area contributed by atoms with Crippen LogP contribution in [0.4, 0.5) is 13.2 Å². The Bertz CT molecular complexity index is 490. The van der Waals surface area contributed by atoms with Crippen molar-refractivity contribution in [3.05, 3.63) is 28.2 Å². The van der Waals surface area contributed by atoms with Crippen molar-refractivity contribution >= 4 is 15.9 Å². The number of halogens is 4. The molecule has 1 heterocycles. The van der Waals surface area contributed by atoms with Crippen molar-refractivity contribution in [2.45, 2.75) is 25.1 Å². The third-order valence-corrected chi connectivity index (χ3v) is 4.47. The molecule has 0 spiro atoms. The van der Waals surface area contributed by atoms with E-state index in [4.69, 9.17) is 4.74 Å². The van der Waals surface area contributed by atoms with E-state index in [1.165, 1.54) is 0 Å². The van der Waals surface area contributed by atoms with Crippen LogP contribution < -0.4 is 10.1 Å². The summed E-state index contributed by atoms with van der Waals surface area (Å²) in [5, 5.41) is 3.23. The smallest absolute Gasteiger partial charge is 0.389 e. The fraction of sp³-hybridized carbons (Fsp3) is 0.600. The lowest BCUT2D eigenvalue weighted by molar-refractivity contribution is -0.138. The molecule has 3 nitrogen and oxygen atoms in total. The average Bonchev–Trinajstić information content (AvgIpc) is 2.47. The first-order valence-corrected chi connectivity index (χ1v) is 8.05. The summed E-state index contributed by atoms with van der Waals surface area (Å²) in [4.78, 5) is 2.12. The van der Waals surface area contributed by atoms with E-state index in [1.807, 2.05) is 12.1 Å². The Hall–Kier alpha value is -0.790. The molecule has 0 aromatic heterocycles. The fourth-order valence-electron chi connectivity index (χ4n) is 2.74. The molecular formula is C15H20BrF3N2O. The maximum absolute atomic E-state index is 12.6. The van der Waals surface area contributed by atoms with Gasteiger partial charge in [0, 0.05) is 38.6 Å². The molecule has 1 aliphatic heterocycles. The first-order chi connectivity index (χ1) is 10.4. The largest absolute Gasteiger partial charge is 0.496 e. The van der Waals surface area contributed by atoms with Crippen LogP contribution in [-0.2, 0) is 0 Å². The predicted octanol–water partition coefficient (Wildman–Crippen LogP) is 3.75. The van der Waals surface area contributed by atoms with Crippen molar-refractivity contribution in [2.75, 3.05) is 33.3 Å². The van der Waals surface area contributed by atoms with Crippen molar-refractivity contribution in [2.24, 2.45) is 0 Å². The fourth-order valence-corrected chi connectivity index (χ4v) is 3.30. The highest BCUT2D eigenvalue weighted by atomic mass is 79.9. The minimum atomic E-state index is -4.13. The SMILES string of the molecule is COc1ccc([C@H](CCC(F)(F)F)N2CCNCC2)cc1Br. The maximum Gasteiger partial charge on any atom is 0.389 e. The van der Waals surface area contributed by atoms with Crippen molar-refractivity contribution in [3.8, 4) is 5.75 Å². The number of benzene rings is 1. The molecule has 124 valence electrons. The van der Waals surface area contributed by atoms with Gasteiger partial charge in [0.2, 0.25) is 0 Å². The highest BCUT2D eigenvalue weighted by molar-refractivity contribution is 9.10. The highest BCUT2D eigenvalue weighted by Gasteiger charge is 2.31. The van der Waals surface area contributed by atoms with Gasteiger partial charge in [-0.05, 0) is 40.0 Å². The van der Waals surface area contributed by atoms with Crippen LogP contribution in [0.5, 0.6) is 5.75 Å². The summed E-state index contributed by atoms with van der Waals surface area (Å²) < 4.78 is 43.9. The molecule has 0 saturated carbocycles. The number of hydrogen-bond acceptors (Lipinski definition) is 3. The first kappa shape index (κ1) is 17.6. The number of nitrogens with zero attached hydrogens (tertiary/aromatic N) is 1. The van der Waals surface area contributed by atoms with Gasteiger partial charge in [0.25, 0.3) is 0 Å². The zero-order valence-electron chi connectivity index (χ0n) is 12.4. The average molecular weight is 381 g/mol. The molecule has 1 fully saturated rings. The van der Waals surface area contributed by atoms with Crippen LogP contribution in [0.3, 0.4) is 0 Å². The Kier molecular flexibility index (Phi) is 6.11. The number of alkyl halides is 3. The van der Waals surface area contributed by atoms with Crippen molar-refractivity contribution in [1.82, 2.24) is 10.2 Å². The van der Waals surface area contributed by atoms with Gasteiger partial charge >= 0.3 is 6.18 Å². The second kappa shape index (κ2) is 7.66. The molecular weight excluding hydrogens is 361 g/mol. The third kappa shape index (κ3) is 4.86. The van der Waals surface area contributed by atoms with Gasteiger partial charge in [-0.15, -0.1) is 0 Å². The van der Waals surface area contributed by atoms with Crippen LogP contribution >= 0.6 is 15.9 Å². The van der Waals surface area contributed by atoms with Crippen LogP contribution in [0, 0.1) is 0 Å². The van der Waals surface area contributed by atoms with Crippen LogP contribution in [0.25, 0.3) is 0 Å². The summed E-state index contributed by atoms with van der Waals surface area (Å²) in [5.41, 5.74) is 0.888. The van der Waals surface area contributed by atoms with E-state index in [-0.39, 0.29) is 12.5 Å². The van der Waals surface area contributed by atoms with Gasteiger partial charge in [-0.2, -0.15) is 13.2 Å². The molecule has 0 radical (unpaired) electrons. The Balaban J connectivity index is 2.20. The lowest BCUT2D eigenvalue weighted by atomic mass is 9.99. The van der Waals surface area contributed by atoms with Gasteiger partial charge in [0.05, 0.1) is 11.6 Å². The number of ether oxygens (including phenoxy) is 1. The standard InChI is InChI=1S/C15H20BrF3N2O/c1-22-14-3-2-11(10-12(14)16)13(4-5-15(17,18)19)21-8-6-20-7-9-21/h2-3,10,13,20H,4-9H2,1H3/t13-/m0/s1. The van der Waals surface area contributed by atoms with E-state index in [0.29, 0.717) is 5.75 Å². The van der Waals surface area contributed by atoms with E-state index in [1.54, 1.807) is 13.2 Å². The van der Waals surface area contributed by atoms with E-state index in [9.17, 15) is 13.2 Å². The van der Waals surface area contributed by atoms with E-state index >= 15 is 0 Å².